The van der Waals surface area contributed by atoms with Crippen LogP contribution in [-0.4, -0.2) is 68.6 Å². The second kappa shape index (κ2) is 13.3. The third-order valence-electron chi connectivity index (χ3n) is 2.75. The molecule has 0 aliphatic rings. The summed E-state index contributed by atoms with van der Waals surface area (Å²) in [6, 6.07) is 7.08. The Hall–Kier alpha value is -2.11. The minimum Gasteiger partial charge on any atom is -0.479 e. The molecule has 3 unspecified atom stereocenters. The molecule has 140 valence electrons. The summed E-state index contributed by atoms with van der Waals surface area (Å²) in [6.07, 6.45) is -3.59. The van der Waals surface area contributed by atoms with Gasteiger partial charge in [-0.3, -0.25) is 0 Å². The third-order valence-corrected chi connectivity index (χ3v) is 2.75. The molecule has 0 radical (unpaired) electrons. The van der Waals surface area contributed by atoms with Crippen LogP contribution in [0.1, 0.15) is 12.5 Å². The van der Waals surface area contributed by atoms with Crippen LogP contribution in [0.15, 0.2) is 24.3 Å². The number of nitrogens with one attached hydrogen (secondary N) is 1. The molecule has 1 aromatic rings. The molecule has 0 aromatic heterocycles. The summed E-state index contributed by atoms with van der Waals surface area (Å²) in [5.41, 5.74) is 1.17. The molecule has 0 aliphatic heterocycles. The van der Waals surface area contributed by atoms with Gasteiger partial charge in [0.1, 0.15) is 5.82 Å². The minimum absolute atomic E-state index is 0. The van der Waals surface area contributed by atoms with Crippen molar-refractivity contribution in [2.75, 3.05) is 7.05 Å². The molecule has 10 heteroatoms. The van der Waals surface area contributed by atoms with E-state index in [0.29, 0.717) is 6.04 Å². The average Bonchev–Trinajstić information content (AvgIpc) is 2.48. The van der Waals surface area contributed by atoms with Crippen LogP contribution in [0, 0.1) is 5.82 Å². The van der Waals surface area contributed by atoms with Crippen LogP contribution >= 0.6 is 0 Å². The summed E-state index contributed by atoms with van der Waals surface area (Å²) in [5, 5.41) is 35.7. The highest BCUT2D eigenvalue weighted by Gasteiger charge is 2.29. The van der Waals surface area contributed by atoms with E-state index in [-0.39, 0.29) is 16.8 Å². The van der Waals surface area contributed by atoms with Gasteiger partial charge in [-0.2, -0.15) is 0 Å². The summed E-state index contributed by atoms with van der Waals surface area (Å²) >= 11 is 0. The SMILES string of the molecule is CNC(C)Cc1ccc(F)cc1.O.O.O=C(O)C(O)C(O)C(=O)O. The van der Waals surface area contributed by atoms with Crippen LogP contribution in [0.25, 0.3) is 0 Å². The van der Waals surface area contributed by atoms with E-state index >= 15 is 0 Å². The topological polar surface area (TPSA) is 190 Å². The zero-order valence-electron chi connectivity index (χ0n) is 13.2. The lowest BCUT2D eigenvalue weighted by Crippen LogP contribution is -2.39. The first-order valence-electron chi connectivity index (χ1n) is 6.42. The van der Waals surface area contributed by atoms with E-state index in [2.05, 4.69) is 12.2 Å². The molecule has 0 spiro atoms. The normalized spacial score (nSPS) is 13.0. The number of aliphatic hydroxyl groups excluding tert-OH is 2. The Bertz CT molecular complexity index is 464. The van der Waals surface area contributed by atoms with E-state index < -0.39 is 24.1 Å². The Morgan fingerprint density at radius 3 is 1.71 bits per heavy atom. The van der Waals surface area contributed by atoms with Crippen molar-refractivity contribution in [2.24, 2.45) is 0 Å². The predicted molar refractivity (Wildman–Crippen MR) is 83.1 cm³/mol. The smallest absolute Gasteiger partial charge is 0.335 e. The first kappa shape index (κ1) is 26.8. The van der Waals surface area contributed by atoms with Crippen molar-refractivity contribution in [3.05, 3.63) is 35.6 Å². The van der Waals surface area contributed by atoms with Gasteiger partial charge in [0.25, 0.3) is 0 Å². The standard InChI is InChI=1S/C10H14FN.C4H6O6.2H2O/c1-8(12-2)7-9-3-5-10(11)6-4-9;5-1(3(7)8)2(6)4(9)10;;/h3-6,8,12H,7H2,1-2H3;1-2,5-6H,(H,7,8)(H,9,10);2*1H2. The molecule has 9 nitrogen and oxygen atoms in total. The van der Waals surface area contributed by atoms with E-state index in [1.807, 2.05) is 19.2 Å². The van der Waals surface area contributed by atoms with Gasteiger partial charge in [-0.05, 0) is 38.1 Å². The number of carboxylic acid groups (broad SMARTS) is 2. The lowest BCUT2D eigenvalue weighted by Gasteiger charge is -2.09. The molecule has 0 amide bonds. The van der Waals surface area contributed by atoms with Crippen molar-refractivity contribution in [1.29, 1.82) is 0 Å². The van der Waals surface area contributed by atoms with Gasteiger partial charge < -0.3 is 36.7 Å². The highest BCUT2D eigenvalue weighted by Crippen LogP contribution is 2.05. The molecule has 0 saturated carbocycles. The molecule has 3 atom stereocenters. The van der Waals surface area contributed by atoms with Crippen LogP contribution in [-0.2, 0) is 16.0 Å². The fourth-order valence-corrected chi connectivity index (χ4v) is 1.35. The molecule has 24 heavy (non-hydrogen) atoms. The van der Waals surface area contributed by atoms with E-state index in [1.165, 1.54) is 17.7 Å². The van der Waals surface area contributed by atoms with Gasteiger partial charge in [-0.1, -0.05) is 12.1 Å². The Balaban J connectivity index is -0.000000345. The van der Waals surface area contributed by atoms with Gasteiger partial charge in [0.05, 0.1) is 0 Å². The summed E-state index contributed by atoms with van der Waals surface area (Å²) < 4.78 is 12.5. The number of aliphatic hydroxyl groups is 2. The monoisotopic (exact) mass is 353 g/mol. The maximum Gasteiger partial charge on any atom is 0.335 e. The van der Waals surface area contributed by atoms with Crippen LogP contribution in [0.3, 0.4) is 0 Å². The number of likely N-dealkylation sites (N-methyl/N-ethyl adjacent to an activating group) is 1. The van der Waals surface area contributed by atoms with Gasteiger partial charge in [0, 0.05) is 6.04 Å². The summed E-state index contributed by atoms with van der Waals surface area (Å²) in [6.45, 7) is 2.10. The number of hydrogen-bond donors (Lipinski definition) is 5. The molecule has 0 fully saturated rings. The highest BCUT2D eigenvalue weighted by atomic mass is 19.1. The Morgan fingerprint density at radius 1 is 1.04 bits per heavy atom. The van der Waals surface area contributed by atoms with Crippen LogP contribution in [0.4, 0.5) is 4.39 Å². The molecule has 0 saturated heterocycles. The molecule has 0 aliphatic carbocycles. The predicted octanol–water partition coefficient (Wildman–Crippen LogP) is -1.80. The third kappa shape index (κ3) is 10.6. The fourth-order valence-electron chi connectivity index (χ4n) is 1.35. The van der Waals surface area contributed by atoms with Gasteiger partial charge in [0.2, 0.25) is 0 Å². The number of carbonyl (C=O) groups is 2. The van der Waals surface area contributed by atoms with Gasteiger partial charge in [0.15, 0.2) is 12.2 Å². The van der Waals surface area contributed by atoms with Crippen molar-refractivity contribution in [3.63, 3.8) is 0 Å². The summed E-state index contributed by atoms with van der Waals surface area (Å²) in [5.74, 6) is -3.71. The van der Waals surface area contributed by atoms with Crippen molar-refractivity contribution >= 4 is 11.9 Å². The molecule has 9 N–H and O–H groups in total. The Kier molecular flexibility index (Phi) is 14.9. The fraction of sp³-hybridized carbons (Fsp3) is 0.429. The molecule has 1 aromatic carbocycles. The zero-order chi connectivity index (χ0) is 17.3. The quantitative estimate of drug-likeness (QED) is 0.398. The highest BCUT2D eigenvalue weighted by molar-refractivity contribution is 5.83. The maximum absolute atomic E-state index is 12.5. The van der Waals surface area contributed by atoms with E-state index in [9.17, 15) is 14.0 Å². The van der Waals surface area contributed by atoms with Gasteiger partial charge >= 0.3 is 11.9 Å². The van der Waals surface area contributed by atoms with Crippen LogP contribution < -0.4 is 5.32 Å². The zero-order valence-corrected chi connectivity index (χ0v) is 13.2. The first-order chi connectivity index (χ1) is 10.2. The number of hydrogen-bond acceptors (Lipinski definition) is 5. The lowest BCUT2D eigenvalue weighted by atomic mass is 10.1. The van der Waals surface area contributed by atoms with E-state index in [1.54, 1.807) is 0 Å². The number of benzene rings is 1. The second-order valence-corrected chi connectivity index (χ2v) is 4.59. The van der Waals surface area contributed by atoms with Crippen molar-refractivity contribution < 1.29 is 45.4 Å². The number of rotatable bonds is 6. The average molecular weight is 353 g/mol. The number of aliphatic carboxylic acids is 2. The van der Waals surface area contributed by atoms with Crippen LogP contribution in [0.5, 0.6) is 0 Å². The van der Waals surface area contributed by atoms with E-state index in [0.717, 1.165) is 6.42 Å². The minimum atomic E-state index is -2.27. The van der Waals surface area contributed by atoms with Crippen LogP contribution in [0.2, 0.25) is 0 Å². The molecule has 0 bridgehead atoms. The largest absolute Gasteiger partial charge is 0.479 e. The van der Waals surface area contributed by atoms with Crippen molar-refractivity contribution in [2.45, 2.75) is 31.6 Å². The molecular formula is C14H24FNO8. The van der Waals surface area contributed by atoms with Gasteiger partial charge in [-0.25, -0.2) is 14.0 Å². The van der Waals surface area contributed by atoms with Crippen molar-refractivity contribution in [3.8, 4) is 0 Å². The molecular weight excluding hydrogens is 329 g/mol. The van der Waals surface area contributed by atoms with Gasteiger partial charge in [-0.15, -0.1) is 0 Å². The number of halogens is 1. The second-order valence-electron chi connectivity index (χ2n) is 4.59. The lowest BCUT2D eigenvalue weighted by molar-refractivity contribution is -0.165. The summed E-state index contributed by atoms with van der Waals surface area (Å²) in [7, 11) is 1.92. The van der Waals surface area contributed by atoms with E-state index in [4.69, 9.17) is 20.4 Å². The molecule has 1 rings (SSSR count). The van der Waals surface area contributed by atoms with Crippen molar-refractivity contribution in [1.82, 2.24) is 5.32 Å². The Labute approximate surface area is 138 Å². The number of carboxylic acids is 2. The Morgan fingerprint density at radius 2 is 1.42 bits per heavy atom. The molecule has 0 heterocycles. The first-order valence-corrected chi connectivity index (χ1v) is 6.42. The maximum atomic E-state index is 12.5. The summed E-state index contributed by atoms with van der Waals surface area (Å²) in [4.78, 5) is 19.5.